The zero-order chi connectivity index (χ0) is 23.8. The lowest BCUT2D eigenvalue weighted by atomic mass is 9.77. The van der Waals surface area contributed by atoms with E-state index < -0.39 is 0 Å². The molecule has 0 aliphatic heterocycles. The van der Waals surface area contributed by atoms with E-state index in [4.69, 9.17) is 4.74 Å². The van der Waals surface area contributed by atoms with E-state index >= 15 is 4.39 Å². The molecule has 3 aromatic rings. The van der Waals surface area contributed by atoms with E-state index in [0.717, 1.165) is 29.0 Å². The number of methoxy groups -OCH3 is 1. The highest BCUT2D eigenvalue weighted by Crippen LogP contribution is 2.38. The molecular weight excluding hydrogens is 419 g/mol. The fraction of sp³-hybridized carbons (Fsp3) is 0.438. The fourth-order valence-corrected chi connectivity index (χ4v) is 5.41. The first-order chi connectivity index (χ1) is 16.7. The molecule has 0 bridgehead atoms. The third-order valence-corrected chi connectivity index (χ3v) is 7.61. The molecule has 1 fully saturated rings. The predicted octanol–water partition coefficient (Wildman–Crippen LogP) is 9.20. The Balaban J connectivity index is 1.38. The summed E-state index contributed by atoms with van der Waals surface area (Å²) in [6.45, 7) is 2.98. The van der Waals surface area contributed by atoms with E-state index in [1.165, 1.54) is 62.5 Å². The van der Waals surface area contributed by atoms with Gasteiger partial charge in [0.05, 0.1) is 6.61 Å². The van der Waals surface area contributed by atoms with Crippen molar-refractivity contribution < 1.29 is 9.13 Å². The minimum absolute atomic E-state index is 0.174. The molecule has 34 heavy (non-hydrogen) atoms. The van der Waals surface area contributed by atoms with Crippen molar-refractivity contribution in [2.75, 3.05) is 13.7 Å². The van der Waals surface area contributed by atoms with Gasteiger partial charge < -0.3 is 4.74 Å². The van der Waals surface area contributed by atoms with Gasteiger partial charge in [0.2, 0.25) is 0 Å². The van der Waals surface area contributed by atoms with Crippen LogP contribution in [0.4, 0.5) is 4.39 Å². The zero-order valence-corrected chi connectivity index (χ0v) is 20.9. The summed E-state index contributed by atoms with van der Waals surface area (Å²) in [7, 11) is 1.71. The van der Waals surface area contributed by atoms with Crippen LogP contribution in [0.5, 0.6) is 0 Å². The number of rotatable bonds is 10. The summed E-state index contributed by atoms with van der Waals surface area (Å²) >= 11 is 0. The monoisotopic (exact) mass is 458 g/mol. The van der Waals surface area contributed by atoms with Gasteiger partial charge in [-0.15, -0.1) is 0 Å². The second-order valence-electron chi connectivity index (χ2n) is 9.97. The van der Waals surface area contributed by atoms with Gasteiger partial charge in [-0.2, -0.15) is 0 Å². The van der Waals surface area contributed by atoms with Gasteiger partial charge >= 0.3 is 0 Å². The molecule has 0 saturated heterocycles. The van der Waals surface area contributed by atoms with Crippen LogP contribution < -0.4 is 0 Å². The average Bonchev–Trinajstić information content (AvgIpc) is 2.88. The molecule has 180 valence electrons. The molecule has 0 atom stereocenters. The second kappa shape index (κ2) is 12.3. The molecule has 0 aromatic heterocycles. The summed E-state index contributed by atoms with van der Waals surface area (Å²) in [6.07, 6.45) is 11.7. The van der Waals surface area contributed by atoms with Gasteiger partial charge in [0.25, 0.3) is 0 Å². The number of hydrogen-bond acceptors (Lipinski definition) is 1. The maximum Gasteiger partial charge on any atom is 0.131 e. The molecular formula is C32H39FO. The fourth-order valence-electron chi connectivity index (χ4n) is 5.41. The lowest BCUT2D eigenvalue weighted by molar-refractivity contribution is 0.202. The Labute approximate surface area is 205 Å². The van der Waals surface area contributed by atoms with Crippen LogP contribution in [0.15, 0.2) is 66.7 Å². The molecule has 1 aliphatic carbocycles. The van der Waals surface area contributed by atoms with Crippen LogP contribution in [-0.2, 0) is 11.2 Å². The summed E-state index contributed by atoms with van der Waals surface area (Å²) in [5.41, 5.74) is 6.22. The van der Waals surface area contributed by atoms with Crippen LogP contribution in [0.3, 0.4) is 0 Å². The normalized spacial score (nSPS) is 18.2. The number of benzene rings is 3. The quantitative estimate of drug-likeness (QED) is 0.275. The molecule has 0 amide bonds. The Morgan fingerprint density at radius 2 is 1.47 bits per heavy atom. The van der Waals surface area contributed by atoms with Crippen molar-refractivity contribution in [3.8, 4) is 22.3 Å². The van der Waals surface area contributed by atoms with Crippen molar-refractivity contribution in [2.45, 2.75) is 70.6 Å². The van der Waals surface area contributed by atoms with E-state index in [0.29, 0.717) is 18.1 Å². The molecule has 0 spiro atoms. The number of unbranched alkanes of at least 4 members (excludes halogenated alkanes) is 2. The Hall–Kier alpha value is -2.45. The zero-order valence-electron chi connectivity index (χ0n) is 20.9. The second-order valence-corrected chi connectivity index (χ2v) is 9.97. The van der Waals surface area contributed by atoms with Crippen molar-refractivity contribution in [3.63, 3.8) is 0 Å². The summed E-state index contributed by atoms with van der Waals surface area (Å²) < 4.78 is 20.2. The van der Waals surface area contributed by atoms with E-state index in [1.807, 2.05) is 24.3 Å². The molecule has 0 radical (unpaired) electrons. The summed E-state index contributed by atoms with van der Waals surface area (Å²) in [5.74, 6) is 1.44. The Morgan fingerprint density at radius 3 is 2.12 bits per heavy atom. The van der Waals surface area contributed by atoms with E-state index in [2.05, 4.69) is 43.3 Å². The van der Waals surface area contributed by atoms with E-state index in [9.17, 15) is 0 Å². The summed E-state index contributed by atoms with van der Waals surface area (Å²) in [5, 5.41) is 0. The summed E-state index contributed by atoms with van der Waals surface area (Å²) in [4.78, 5) is 0. The standard InChI is InChI=1S/C32H39FO/c1-3-4-5-6-24-7-11-26(12-8-24)27-15-17-28(18-16-27)30-19-20-31(32(33)23-30)29-13-9-25(10-14-29)21-22-34-2/h9-10,13-20,23-24,26H,3-8,11-12,21-22H2,1-2H3. The van der Waals surface area contributed by atoms with Gasteiger partial charge in [-0.3, -0.25) is 0 Å². The molecule has 4 rings (SSSR count). The van der Waals surface area contributed by atoms with Gasteiger partial charge in [-0.05, 0) is 77.8 Å². The predicted molar refractivity (Wildman–Crippen MR) is 142 cm³/mol. The van der Waals surface area contributed by atoms with Crippen molar-refractivity contribution in [3.05, 3.63) is 83.7 Å². The van der Waals surface area contributed by atoms with Crippen LogP contribution in [0.2, 0.25) is 0 Å². The number of halogens is 1. The van der Waals surface area contributed by atoms with Crippen molar-refractivity contribution in [1.82, 2.24) is 0 Å². The van der Waals surface area contributed by atoms with Crippen LogP contribution in [0.1, 0.15) is 75.3 Å². The van der Waals surface area contributed by atoms with Gasteiger partial charge in [0.15, 0.2) is 0 Å². The summed E-state index contributed by atoms with van der Waals surface area (Å²) in [6, 6.07) is 22.6. The number of ether oxygens (including phenoxy) is 1. The topological polar surface area (TPSA) is 9.23 Å². The van der Waals surface area contributed by atoms with Crippen LogP contribution in [0.25, 0.3) is 22.3 Å². The molecule has 3 aromatic carbocycles. The third kappa shape index (κ3) is 6.36. The Bertz CT molecular complexity index is 1010. The highest BCUT2D eigenvalue weighted by Gasteiger charge is 2.22. The van der Waals surface area contributed by atoms with E-state index in [-0.39, 0.29) is 5.82 Å². The molecule has 0 unspecified atom stereocenters. The Kier molecular flexibility index (Phi) is 8.93. The van der Waals surface area contributed by atoms with E-state index in [1.54, 1.807) is 13.2 Å². The first-order valence-electron chi connectivity index (χ1n) is 13.2. The van der Waals surface area contributed by atoms with Crippen LogP contribution in [-0.4, -0.2) is 13.7 Å². The third-order valence-electron chi connectivity index (χ3n) is 7.61. The largest absolute Gasteiger partial charge is 0.384 e. The minimum Gasteiger partial charge on any atom is -0.384 e. The molecule has 0 N–H and O–H groups in total. The molecule has 1 saturated carbocycles. The van der Waals surface area contributed by atoms with Crippen molar-refractivity contribution in [2.24, 2.45) is 5.92 Å². The van der Waals surface area contributed by atoms with Gasteiger partial charge in [-0.1, -0.05) is 93.3 Å². The minimum atomic E-state index is -0.174. The maximum atomic E-state index is 15.0. The molecule has 2 heteroatoms. The molecule has 1 aliphatic rings. The number of hydrogen-bond donors (Lipinski definition) is 0. The smallest absolute Gasteiger partial charge is 0.131 e. The highest BCUT2D eigenvalue weighted by atomic mass is 19.1. The first-order valence-corrected chi connectivity index (χ1v) is 13.2. The van der Waals surface area contributed by atoms with Gasteiger partial charge in [-0.25, -0.2) is 4.39 Å². The maximum absolute atomic E-state index is 15.0. The van der Waals surface area contributed by atoms with Crippen molar-refractivity contribution >= 4 is 0 Å². The van der Waals surface area contributed by atoms with Gasteiger partial charge in [0.1, 0.15) is 5.82 Å². The molecule has 0 heterocycles. The van der Waals surface area contributed by atoms with Crippen LogP contribution >= 0.6 is 0 Å². The lowest BCUT2D eigenvalue weighted by Crippen LogP contribution is -2.13. The van der Waals surface area contributed by atoms with Gasteiger partial charge in [0, 0.05) is 12.7 Å². The van der Waals surface area contributed by atoms with Crippen LogP contribution in [0, 0.1) is 11.7 Å². The lowest BCUT2D eigenvalue weighted by Gasteiger charge is -2.29. The SMILES string of the molecule is CCCCCC1CCC(c2ccc(-c3ccc(-c4ccc(CCOC)cc4)c(F)c3)cc2)CC1. The van der Waals surface area contributed by atoms with Crippen molar-refractivity contribution in [1.29, 1.82) is 0 Å². The highest BCUT2D eigenvalue weighted by molar-refractivity contribution is 5.71. The average molecular weight is 459 g/mol. The molecule has 1 nitrogen and oxygen atoms in total. The Morgan fingerprint density at radius 1 is 0.794 bits per heavy atom. The first kappa shape index (κ1) is 24.7.